The SMILES string of the molecule is COC(=O)c1cc(-c2ccc(Cl)cc2)cnc1Cl. The van der Waals surface area contributed by atoms with Crippen molar-refractivity contribution in [1.29, 1.82) is 0 Å². The number of nitrogens with zero attached hydrogens (tertiary/aromatic N) is 1. The molecule has 0 saturated carbocycles. The fourth-order valence-electron chi connectivity index (χ4n) is 1.50. The largest absolute Gasteiger partial charge is 0.465 e. The van der Waals surface area contributed by atoms with Crippen LogP contribution in [0.25, 0.3) is 11.1 Å². The molecular formula is C13H9Cl2NO2. The highest BCUT2D eigenvalue weighted by Crippen LogP contribution is 2.24. The molecule has 0 radical (unpaired) electrons. The van der Waals surface area contributed by atoms with Crippen LogP contribution < -0.4 is 0 Å². The normalized spacial score (nSPS) is 10.2. The van der Waals surface area contributed by atoms with Crippen molar-refractivity contribution in [1.82, 2.24) is 4.98 Å². The summed E-state index contributed by atoms with van der Waals surface area (Å²) in [7, 11) is 1.30. The van der Waals surface area contributed by atoms with Crippen molar-refractivity contribution in [2.24, 2.45) is 0 Å². The van der Waals surface area contributed by atoms with Crippen LogP contribution in [0.4, 0.5) is 0 Å². The molecule has 5 heteroatoms. The molecule has 0 saturated heterocycles. The molecule has 0 bridgehead atoms. The van der Waals surface area contributed by atoms with E-state index in [1.165, 1.54) is 7.11 Å². The number of carbonyl (C=O) groups is 1. The molecule has 1 heterocycles. The predicted octanol–water partition coefficient (Wildman–Crippen LogP) is 3.84. The molecule has 92 valence electrons. The monoisotopic (exact) mass is 281 g/mol. The fourth-order valence-corrected chi connectivity index (χ4v) is 1.81. The number of methoxy groups -OCH3 is 1. The lowest BCUT2D eigenvalue weighted by atomic mass is 10.1. The third-order valence-corrected chi connectivity index (χ3v) is 2.98. The van der Waals surface area contributed by atoms with Gasteiger partial charge in [0.2, 0.25) is 0 Å². The van der Waals surface area contributed by atoms with Crippen LogP contribution in [-0.4, -0.2) is 18.1 Å². The number of aromatic nitrogens is 1. The summed E-state index contributed by atoms with van der Waals surface area (Å²) in [6.45, 7) is 0. The maximum Gasteiger partial charge on any atom is 0.341 e. The maximum absolute atomic E-state index is 11.5. The number of esters is 1. The Morgan fingerprint density at radius 1 is 1.17 bits per heavy atom. The lowest BCUT2D eigenvalue weighted by Gasteiger charge is -2.05. The van der Waals surface area contributed by atoms with E-state index in [1.807, 2.05) is 12.1 Å². The quantitative estimate of drug-likeness (QED) is 0.620. The van der Waals surface area contributed by atoms with Crippen LogP contribution in [0.2, 0.25) is 10.2 Å². The van der Waals surface area contributed by atoms with Crippen LogP contribution in [0.15, 0.2) is 36.5 Å². The van der Waals surface area contributed by atoms with Gasteiger partial charge in [0.1, 0.15) is 5.15 Å². The lowest BCUT2D eigenvalue weighted by molar-refractivity contribution is 0.0600. The van der Waals surface area contributed by atoms with Crippen LogP contribution in [0.5, 0.6) is 0 Å². The molecular weight excluding hydrogens is 273 g/mol. The average Bonchev–Trinajstić information content (AvgIpc) is 2.39. The van der Waals surface area contributed by atoms with E-state index in [0.29, 0.717) is 5.02 Å². The summed E-state index contributed by atoms with van der Waals surface area (Å²) in [5.41, 5.74) is 1.91. The molecule has 0 atom stereocenters. The Morgan fingerprint density at radius 3 is 2.44 bits per heavy atom. The molecule has 0 aliphatic rings. The molecule has 1 aromatic heterocycles. The molecule has 1 aromatic carbocycles. The Morgan fingerprint density at radius 2 is 1.83 bits per heavy atom. The van der Waals surface area contributed by atoms with E-state index in [9.17, 15) is 4.79 Å². The van der Waals surface area contributed by atoms with Crippen LogP contribution in [0.3, 0.4) is 0 Å². The molecule has 18 heavy (non-hydrogen) atoms. The van der Waals surface area contributed by atoms with Gasteiger partial charge in [0.25, 0.3) is 0 Å². The molecule has 0 unspecified atom stereocenters. The van der Waals surface area contributed by atoms with E-state index in [-0.39, 0.29) is 10.7 Å². The number of rotatable bonds is 2. The van der Waals surface area contributed by atoms with E-state index < -0.39 is 5.97 Å². The molecule has 0 N–H and O–H groups in total. The van der Waals surface area contributed by atoms with Gasteiger partial charge in [-0.1, -0.05) is 35.3 Å². The second-order valence-corrected chi connectivity index (χ2v) is 4.36. The van der Waals surface area contributed by atoms with E-state index >= 15 is 0 Å². The summed E-state index contributed by atoms with van der Waals surface area (Å²) in [6, 6.07) is 8.86. The minimum atomic E-state index is -0.511. The van der Waals surface area contributed by atoms with Crippen LogP contribution >= 0.6 is 23.2 Å². The Labute approximate surface area is 114 Å². The first-order valence-electron chi connectivity index (χ1n) is 5.11. The van der Waals surface area contributed by atoms with Gasteiger partial charge in [-0.05, 0) is 23.8 Å². The van der Waals surface area contributed by atoms with Gasteiger partial charge in [0.05, 0.1) is 12.7 Å². The number of halogens is 2. The molecule has 2 aromatic rings. The van der Waals surface area contributed by atoms with E-state index in [0.717, 1.165) is 11.1 Å². The minimum absolute atomic E-state index is 0.125. The van der Waals surface area contributed by atoms with Crippen molar-refractivity contribution in [3.8, 4) is 11.1 Å². The first kappa shape index (κ1) is 12.9. The highest BCUT2D eigenvalue weighted by Gasteiger charge is 2.13. The third kappa shape index (κ3) is 2.63. The zero-order valence-electron chi connectivity index (χ0n) is 9.48. The summed E-state index contributed by atoms with van der Waals surface area (Å²) in [6.07, 6.45) is 1.60. The summed E-state index contributed by atoms with van der Waals surface area (Å²) >= 11 is 11.7. The Bertz CT molecular complexity index is 582. The summed E-state index contributed by atoms with van der Waals surface area (Å²) in [4.78, 5) is 15.5. The second-order valence-electron chi connectivity index (χ2n) is 3.56. The van der Waals surface area contributed by atoms with Crippen molar-refractivity contribution in [3.05, 3.63) is 52.3 Å². The van der Waals surface area contributed by atoms with E-state index in [1.54, 1.807) is 24.4 Å². The lowest BCUT2D eigenvalue weighted by Crippen LogP contribution is -2.03. The summed E-state index contributed by atoms with van der Waals surface area (Å²) in [5, 5.41) is 0.772. The molecule has 0 aliphatic heterocycles. The fraction of sp³-hybridized carbons (Fsp3) is 0.0769. The number of carbonyl (C=O) groups excluding carboxylic acids is 1. The van der Waals surface area contributed by atoms with Gasteiger partial charge in [-0.15, -0.1) is 0 Å². The third-order valence-electron chi connectivity index (χ3n) is 2.42. The van der Waals surface area contributed by atoms with Gasteiger partial charge in [-0.3, -0.25) is 0 Å². The van der Waals surface area contributed by atoms with Crippen molar-refractivity contribution < 1.29 is 9.53 Å². The maximum atomic E-state index is 11.5. The van der Waals surface area contributed by atoms with Crippen LogP contribution in [0.1, 0.15) is 10.4 Å². The smallest absolute Gasteiger partial charge is 0.341 e. The van der Waals surface area contributed by atoms with E-state index in [2.05, 4.69) is 9.72 Å². The van der Waals surface area contributed by atoms with Crippen molar-refractivity contribution in [3.63, 3.8) is 0 Å². The van der Waals surface area contributed by atoms with Crippen LogP contribution in [-0.2, 0) is 4.74 Å². The molecule has 0 aliphatic carbocycles. The number of pyridine rings is 1. The van der Waals surface area contributed by atoms with Crippen molar-refractivity contribution in [2.45, 2.75) is 0 Å². The summed E-state index contributed by atoms with van der Waals surface area (Å²) < 4.78 is 4.64. The number of benzene rings is 1. The Kier molecular flexibility index (Phi) is 3.84. The Hall–Kier alpha value is -1.58. The zero-order valence-corrected chi connectivity index (χ0v) is 11.0. The Balaban J connectivity index is 2.46. The van der Waals surface area contributed by atoms with Crippen molar-refractivity contribution >= 4 is 29.2 Å². The highest BCUT2D eigenvalue weighted by atomic mass is 35.5. The molecule has 2 rings (SSSR count). The van der Waals surface area contributed by atoms with Gasteiger partial charge >= 0.3 is 5.97 Å². The molecule has 0 fully saturated rings. The first-order valence-corrected chi connectivity index (χ1v) is 5.87. The summed E-state index contributed by atoms with van der Waals surface area (Å²) in [5.74, 6) is -0.511. The highest BCUT2D eigenvalue weighted by molar-refractivity contribution is 6.32. The molecule has 0 amide bonds. The van der Waals surface area contributed by atoms with E-state index in [4.69, 9.17) is 23.2 Å². The standard InChI is InChI=1S/C13H9Cl2NO2/c1-18-13(17)11-6-9(7-16-12(11)15)8-2-4-10(14)5-3-8/h2-7H,1H3. The van der Waals surface area contributed by atoms with Gasteiger partial charge in [0.15, 0.2) is 0 Å². The second kappa shape index (κ2) is 5.38. The molecule has 3 nitrogen and oxygen atoms in total. The van der Waals surface area contributed by atoms with Gasteiger partial charge in [-0.2, -0.15) is 0 Å². The van der Waals surface area contributed by atoms with Crippen LogP contribution in [0, 0.1) is 0 Å². The average molecular weight is 282 g/mol. The number of hydrogen-bond donors (Lipinski definition) is 0. The minimum Gasteiger partial charge on any atom is -0.465 e. The predicted molar refractivity (Wildman–Crippen MR) is 71.0 cm³/mol. The zero-order chi connectivity index (χ0) is 13.1. The first-order chi connectivity index (χ1) is 8.61. The van der Waals surface area contributed by atoms with Gasteiger partial charge in [-0.25, -0.2) is 9.78 Å². The topological polar surface area (TPSA) is 39.2 Å². The number of hydrogen-bond acceptors (Lipinski definition) is 3. The van der Waals surface area contributed by atoms with Gasteiger partial charge in [0, 0.05) is 16.8 Å². The number of ether oxygens (including phenoxy) is 1. The van der Waals surface area contributed by atoms with Gasteiger partial charge < -0.3 is 4.74 Å². The van der Waals surface area contributed by atoms with Crippen molar-refractivity contribution in [2.75, 3.05) is 7.11 Å². The molecule has 0 spiro atoms.